The lowest BCUT2D eigenvalue weighted by molar-refractivity contribution is -0.663. The number of anilines is 1. The number of pyridine rings is 1. The number of carboxylic acid groups (broad SMARTS) is 2. The lowest BCUT2D eigenvalue weighted by Gasteiger charge is -2.50. The van der Waals surface area contributed by atoms with Crippen molar-refractivity contribution in [1.82, 2.24) is 15.2 Å². The number of hydrogen-bond acceptors (Lipinski definition) is 12. The molecule has 6 rings (SSSR count). The van der Waals surface area contributed by atoms with Crippen LogP contribution in [0.25, 0.3) is 10.9 Å². The molecule has 1 aromatic carbocycles. The summed E-state index contributed by atoms with van der Waals surface area (Å²) in [4.78, 5) is 61.1. The first kappa shape index (κ1) is 28.9. The molecule has 14 nitrogen and oxygen atoms in total. The maximum absolute atomic E-state index is 13.4. The number of hydrogen-bond donors (Lipinski definition) is 3. The number of carbonyl (C=O) groups excluding carboxylic acids is 3. The molecule has 3 atom stereocenters. The van der Waals surface area contributed by atoms with Gasteiger partial charge in [-0.3, -0.25) is 14.5 Å². The molecule has 1 saturated heterocycles. The highest BCUT2D eigenvalue weighted by Crippen LogP contribution is 2.40. The zero-order valence-corrected chi connectivity index (χ0v) is 24.1. The number of thioether (sulfide) groups is 1. The molecule has 4 N–H and O–H groups in total. The van der Waals surface area contributed by atoms with E-state index in [9.17, 15) is 29.4 Å². The predicted molar refractivity (Wildman–Crippen MR) is 154 cm³/mol. The number of amides is 2. The van der Waals surface area contributed by atoms with Crippen LogP contribution in [0.3, 0.4) is 0 Å². The van der Waals surface area contributed by atoms with E-state index in [0.717, 1.165) is 27.1 Å². The standard InChI is InChI=1S/C28H22N6O8S2/c29-28-30-16(13-44-28)19(32-42-22(27(39)40)18-8-4-10-41-18)23(35)31-20-24(36)34-21(26(37)38)15(12-43-25(20)34)11-33-9-3-6-14-5-1-2-7-17(14)33/h1-10,13,20,22,25H,11-12H2,(H4-,29,30,31,35,37,38,39,40)/b32-19-/t20-,22+,25+/m1/s1. The molecular formula is C28H22N6O8S2. The highest BCUT2D eigenvalue weighted by molar-refractivity contribution is 8.00. The Balaban J connectivity index is 1.24. The molecule has 0 aliphatic carbocycles. The Morgan fingerprint density at radius 3 is 2.75 bits per heavy atom. The molecule has 2 aliphatic heterocycles. The summed E-state index contributed by atoms with van der Waals surface area (Å²) in [7, 11) is 0. The first-order chi connectivity index (χ1) is 21.2. The van der Waals surface area contributed by atoms with Crippen LogP contribution in [0.2, 0.25) is 0 Å². The van der Waals surface area contributed by atoms with Crippen molar-refractivity contribution in [3.05, 3.63) is 89.1 Å². The van der Waals surface area contributed by atoms with Crippen LogP contribution in [0.15, 0.2) is 87.2 Å². The summed E-state index contributed by atoms with van der Waals surface area (Å²) in [5, 5.41) is 29.9. The summed E-state index contributed by atoms with van der Waals surface area (Å²) in [6.07, 6.45) is 1.41. The second kappa shape index (κ2) is 11.8. The van der Waals surface area contributed by atoms with E-state index >= 15 is 0 Å². The fraction of sp³-hybridized carbons (Fsp3) is 0.179. The van der Waals surface area contributed by atoms with Crippen molar-refractivity contribution >= 4 is 68.6 Å². The van der Waals surface area contributed by atoms with Gasteiger partial charge < -0.3 is 35.3 Å². The molecule has 224 valence electrons. The Morgan fingerprint density at radius 2 is 2.05 bits per heavy atom. The van der Waals surface area contributed by atoms with Crippen LogP contribution in [-0.2, 0) is 30.6 Å². The minimum absolute atomic E-state index is 0.0155. The first-order valence-electron chi connectivity index (χ1n) is 13.0. The summed E-state index contributed by atoms with van der Waals surface area (Å²) in [5.74, 6) is -4.31. The number of thiazole rings is 1. The van der Waals surface area contributed by atoms with Crippen LogP contribution >= 0.6 is 23.1 Å². The average Bonchev–Trinajstić information content (AvgIpc) is 3.70. The van der Waals surface area contributed by atoms with Gasteiger partial charge in [0.1, 0.15) is 17.1 Å². The second-order valence-corrected chi connectivity index (χ2v) is 11.6. The van der Waals surface area contributed by atoms with E-state index in [4.69, 9.17) is 15.0 Å². The van der Waals surface area contributed by atoms with Crippen molar-refractivity contribution in [3.8, 4) is 0 Å². The second-order valence-electron chi connectivity index (χ2n) is 9.65. The molecule has 2 aliphatic rings. The third-order valence-corrected chi connectivity index (χ3v) is 8.94. The number of para-hydroxylation sites is 1. The molecular weight excluding hydrogens is 612 g/mol. The van der Waals surface area contributed by atoms with Gasteiger partial charge in [0.2, 0.25) is 5.52 Å². The highest BCUT2D eigenvalue weighted by Gasteiger charge is 2.53. The monoisotopic (exact) mass is 634 g/mol. The van der Waals surface area contributed by atoms with Crippen molar-refractivity contribution in [2.45, 2.75) is 24.1 Å². The molecule has 1 fully saturated rings. The van der Waals surface area contributed by atoms with Gasteiger partial charge in [0.15, 0.2) is 29.3 Å². The number of oxime groups is 1. The van der Waals surface area contributed by atoms with Gasteiger partial charge in [-0.25, -0.2) is 9.78 Å². The Hall–Kier alpha value is -5.22. The molecule has 16 heteroatoms. The van der Waals surface area contributed by atoms with E-state index in [0.29, 0.717) is 5.57 Å². The van der Waals surface area contributed by atoms with Crippen LogP contribution < -0.4 is 20.7 Å². The zero-order chi connectivity index (χ0) is 31.0. The predicted octanol–water partition coefficient (Wildman–Crippen LogP) is 0.410. The van der Waals surface area contributed by atoms with Gasteiger partial charge in [0.25, 0.3) is 17.9 Å². The van der Waals surface area contributed by atoms with E-state index in [1.165, 1.54) is 35.5 Å². The summed E-state index contributed by atoms with van der Waals surface area (Å²) in [5.41, 5.74) is 6.41. The van der Waals surface area contributed by atoms with Crippen molar-refractivity contribution in [1.29, 1.82) is 0 Å². The lowest BCUT2D eigenvalue weighted by atomic mass is 10.0. The zero-order valence-electron chi connectivity index (χ0n) is 22.5. The number of aromatic nitrogens is 2. The molecule has 2 amide bonds. The number of fused-ring (bicyclic) bond motifs is 2. The third-order valence-electron chi connectivity index (χ3n) is 6.93. The normalized spacial score (nSPS) is 18.9. The van der Waals surface area contributed by atoms with Gasteiger partial charge in [-0.1, -0.05) is 17.3 Å². The number of aliphatic carboxylic acids is 2. The van der Waals surface area contributed by atoms with Crippen molar-refractivity contribution in [3.63, 3.8) is 0 Å². The number of carboxylic acids is 2. The maximum atomic E-state index is 13.4. The molecule has 44 heavy (non-hydrogen) atoms. The van der Waals surface area contributed by atoms with Crippen LogP contribution in [-0.4, -0.2) is 61.6 Å². The van der Waals surface area contributed by atoms with E-state index in [1.807, 2.05) is 47.2 Å². The molecule has 0 radical (unpaired) electrons. The fourth-order valence-electron chi connectivity index (χ4n) is 4.93. The minimum atomic E-state index is -1.67. The topological polar surface area (TPSA) is 204 Å². The molecule has 0 saturated carbocycles. The van der Waals surface area contributed by atoms with Crippen LogP contribution in [0.5, 0.6) is 0 Å². The number of nitrogen functional groups attached to an aromatic ring is 1. The summed E-state index contributed by atoms with van der Waals surface area (Å²) in [6.45, 7) is 0.213. The van der Waals surface area contributed by atoms with E-state index in [-0.39, 0.29) is 34.6 Å². The van der Waals surface area contributed by atoms with Gasteiger partial charge in [0.05, 0.1) is 17.9 Å². The van der Waals surface area contributed by atoms with Gasteiger partial charge in [-0.15, -0.1) is 23.1 Å². The number of β-lactam (4-membered cyclic amide) rings is 1. The highest BCUT2D eigenvalue weighted by atomic mass is 32.2. The number of nitrogens with zero attached hydrogens (tertiary/aromatic N) is 4. The van der Waals surface area contributed by atoms with E-state index in [1.54, 1.807) is 0 Å². The number of furan rings is 1. The Bertz CT molecular complexity index is 1850. The maximum Gasteiger partial charge on any atom is 0.355 e. The molecule has 0 spiro atoms. The third kappa shape index (κ3) is 5.35. The number of rotatable bonds is 10. The summed E-state index contributed by atoms with van der Waals surface area (Å²) in [6, 6.07) is 13.2. The number of nitrogens with one attached hydrogen (secondary N) is 1. The smallest absolute Gasteiger partial charge is 0.355 e. The molecule has 5 heterocycles. The number of benzene rings is 1. The Morgan fingerprint density at radius 1 is 1.25 bits per heavy atom. The van der Waals surface area contributed by atoms with E-state index < -0.39 is 47.0 Å². The fourth-order valence-corrected chi connectivity index (χ4v) is 6.82. The van der Waals surface area contributed by atoms with Crippen LogP contribution in [0.1, 0.15) is 17.6 Å². The van der Waals surface area contributed by atoms with E-state index in [2.05, 4.69) is 15.5 Å². The molecule has 0 unspecified atom stereocenters. The quantitative estimate of drug-likeness (QED) is 0.0943. The van der Waals surface area contributed by atoms with Gasteiger partial charge in [0, 0.05) is 34.2 Å². The van der Waals surface area contributed by atoms with Crippen molar-refractivity contribution in [2.24, 2.45) is 5.16 Å². The van der Waals surface area contributed by atoms with Gasteiger partial charge >= 0.3 is 5.97 Å². The SMILES string of the molecule is Nc1nc(/C(=N/O[C@H](C(=O)O)c2ccco2)C(=O)N[C@@H]2C(=O)N3C(C(=O)[O-])=C(C[n+]4cccc5ccccc54)CS[C@@H]23)cs1. The summed E-state index contributed by atoms with van der Waals surface area (Å²) >= 11 is 2.29. The number of carbonyl (C=O) groups is 4. The van der Waals surface area contributed by atoms with Crippen LogP contribution in [0, 0.1) is 0 Å². The van der Waals surface area contributed by atoms with Gasteiger partial charge in [-0.05, 0) is 24.3 Å². The Labute approximate surface area is 256 Å². The Kier molecular flexibility index (Phi) is 7.75. The molecule has 0 bridgehead atoms. The van der Waals surface area contributed by atoms with Crippen molar-refractivity contribution < 1.29 is 43.2 Å². The summed E-state index contributed by atoms with van der Waals surface area (Å²) < 4.78 is 7.00. The lowest BCUT2D eigenvalue weighted by Crippen LogP contribution is -2.71. The average molecular weight is 635 g/mol. The van der Waals surface area contributed by atoms with Crippen molar-refractivity contribution in [2.75, 3.05) is 11.5 Å². The minimum Gasteiger partial charge on any atom is -0.543 e. The largest absolute Gasteiger partial charge is 0.543 e. The molecule has 4 aromatic rings. The van der Waals surface area contributed by atoms with Gasteiger partial charge in [-0.2, -0.15) is 4.57 Å². The van der Waals surface area contributed by atoms with Crippen LogP contribution in [0.4, 0.5) is 5.13 Å². The first-order valence-corrected chi connectivity index (χ1v) is 14.9. The number of nitrogens with two attached hydrogens (primary N) is 1. The molecule has 3 aromatic heterocycles.